The van der Waals surface area contributed by atoms with Crippen LogP contribution in [0.3, 0.4) is 0 Å². The lowest BCUT2D eigenvalue weighted by Crippen LogP contribution is -2.42. The van der Waals surface area contributed by atoms with Crippen LogP contribution in [0.15, 0.2) is 12.1 Å². The summed E-state index contributed by atoms with van der Waals surface area (Å²) in [6, 6.07) is 1.75. The Morgan fingerprint density at radius 2 is 1.88 bits per heavy atom. The molecule has 3 rings (SSSR count). The fraction of sp³-hybridized carbons (Fsp3) is 0.500. The van der Waals surface area contributed by atoms with E-state index in [-0.39, 0.29) is 16.7 Å². The number of anilines is 1. The van der Waals surface area contributed by atoms with Gasteiger partial charge >= 0.3 is 16.2 Å². The summed E-state index contributed by atoms with van der Waals surface area (Å²) in [5.74, 6) is -3.58. The monoisotopic (exact) mass is 385 g/mol. The Morgan fingerprint density at radius 3 is 2.38 bits per heavy atom. The average Bonchev–Trinajstić information content (AvgIpc) is 3.14. The third-order valence-corrected chi connectivity index (χ3v) is 6.40. The molecule has 1 aliphatic heterocycles. The molecule has 1 aliphatic carbocycles. The molecule has 2 N–H and O–H groups in total. The first kappa shape index (κ1) is 18.6. The molecule has 1 spiro atoms. The lowest BCUT2D eigenvalue weighted by atomic mass is 10.1. The second-order valence-electron chi connectivity index (χ2n) is 7.07. The molecule has 0 aromatic heterocycles. The summed E-state index contributed by atoms with van der Waals surface area (Å²) in [6.45, 7) is 0.720. The van der Waals surface area contributed by atoms with Gasteiger partial charge in [0.1, 0.15) is 5.82 Å². The summed E-state index contributed by atoms with van der Waals surface area (Å²) in [4.78, 5) is 25.0. The molecule has 1 amide bonds. The number of carboxylic acids is 1. The van der Waals surface area contributed by atoms with Gasteiger partial charge in [0.25, 0.3) is 5.91 Å². The standard InChI is InChI=1S/C16H20FN3O5S/c1-19(2)13-8-10(15(22)23)12(17)7-11(13)14(21)18-26(24,25)20-6-5-16(9-20)3-4-16/h7-8H,3-6,9H2,1-2H3,(H,18,21)(H,22,23). The van der Waals surface area contributed by atoms with E-state index in [0.717, 1.165) is 31.4 Å². The molecule has 8 nitrogen and oxygen atoms in total. The van der Waals surface area contributed by atoms with Crippen LogP contribution in [0.5, 0.6) is 0 Å². The highest BCUT2D eigenvalue weighted by atomic mass is 32.2. The van der Waals surface area contributed by atoms with E-state index >= 15 is 0 Å². The lowest BCUT2D eigenvalue weighted by molar-refractivity contribution is 0.0691. The molecule has 142 valence electrons. The minimum Gasteiger partial charge on any atom is -0.478 e. The maximum absolute atomic E-state index is 14.0. The van der Waals surface area contributed by atoms with Crippen molar-refractivity contribution in [2.45, 2.75) is 19.3 Å². The van der Waals surface area contributed by atoms with E-state index in [1.807, 2.05) is 4.72 Å². The Labute approximate surface area is 150 Å². The molecule has 2 fully saturated rings. The lowest BCUT2D eigenvalue weighted by Gasteiger charge is -2.20. The first-order valence-electron chi connectivity index (χ1n) is 8.11. The number of benzene rings is 1. The number of halogens is 1. The van der Waals surface area contributed by atoms with Crippen LogP contribution in [0.2, 0.25) is 0 Å². The number of hydrogen-bond acceptors (Lipinski definition) is 5. The van der Waals surface area contributed by atoms with Gasteiger partial charge in [-0.1, -0.05) is 0 Å². The van der Waals surface area contributed by atoms with E-state index < -0.39 is 33.5 Å². The minimum absolute atomic E-state index is 0.0574. The number of nitrogens with one attached hydrogen (secondary N) is 1. The maximum Gasteiger partial charge on any atom is 0.338 e. The van der Waals surface area contributed by atoms with Crippen molar-refractivity contribution >= 4 is 27.8 Å². The number of nitrogens with zero attached hydrogens (tertiary/aromatic N) is 2. The van der Waals surface area contributed by atoms with Crippen molar-refractivity contribution in [3.8, 4) is 0 Å². The van der Waals surface area contributed by atoms with Crippen LogP contribution in [0.25, 0.3) is 0 Å². The highest BCUT2D eigenvalue weighted by Gasteiger charge is 2.50. The van der Waals surface area contributed by atoms with Gasteiger partial charge in [0, 0.05) is 27.2 Å². The fourth-order valence-corrected chi connectivity index (χ4v) is 4.45. The molecule has 0 atom stereocenters. The predicted octanol–water partition coefficient (Wildman–Crippen LogP) is 1.05. The number of rotatable bonds is 5. The van der Waals surface area contributed by atoms with Crippen LogP contribution in [-0.4, -0.2) is 56.9 Å². The summed E-state index contributed by atoms with van der Waals surface area (Å²) in [5, 5.41) is 9.02. The zero-order valence-corrected chi connectivity index (χ0v) is 15.3. The molecular weight excluding hydrogens is 365 g/mol. The molecule has 1 saturated heterocycles. The van der Waals surface area contributed by atoms with Crippen molar-refractivity contribution in [1.82, 2.24) is 9.03 Å². The maximum atomic E-state index is 14.0. The molecule has 0 radical (unpaired) electrons. The van der Waals surface area contributed by atoms with Gasteiger partial charge in [-0.25, -0.2) is 13.9 Å². The third kappa shape index (κ3) is 3.38. The molecule has 1 aromatic rings. The van der Waals surface area contributed by atoms with Gasteiger partial charge in [0.15, 0.2) is 0 Å². The summed E-state index contributed by atoms with van der Waals surface area (Å²) < 4.78 is 42.1. The van der Waals surface area contributed by atoms with Crippen molar-refractivity contribution in [1.29, 1.82) is 0 Å². The van der Waals surface area contributed by atoms with Gasteiger partial charge < -0.3 is 10.0 Å². The number of amides is 1. The zero-order valence-electron chi connectivity index (χ0n) is 14.5. The van der Waals surface area contributed by atoms with Crippen molar-refractivity contribution in [2.75, 3.05) is 32.1 Å². The Kier molecular flexibility index (Phi) is 4.43. The van der Waals surface area contributed by atoms with Crippen LogP contribution < -0.4 is 9.62 Å². The number of hydrogen-bond donors (Lipinski definition) is 2. The van der Waals surface area contributed by atoms with Crippen LogP contribution in [-0.2, 0) is 10.2 Å². The second-order valence-corrected chi connectivity index (χ2v) is 8.74. The van der Waals surface area contributed by atoms with E-state index in [0.29, 0.717) is 13.1 Å². The van der Waals surface area contributed by atoms with Crippen molar-refractivity contribution in [2.24, 2.45) is 5.41 Å². The number of carboxylic acid groups (broad SMARTS) is 1. The third-order valence-electron chi connectivity index (χ3n) is 4.96. The minimum atomic E-state index is -4.04. The number of carbonyl (C=O) groups excluding carboxylic acids is 1. The number of aromatic carboxylic acids is 1. The fourth-order valence-electron chi connectivity index (χ4n) is 3.20. The number of carbonyl (C=O) groups is 2. The smallest absolute Gasteiger partial charge is 0.338 e. The zero-order chi connectivity index (χ0) is 19.3. The normalized spacial score (nSPS) is 18.7. The predicted molar refractivity (Wildman–Crippen MR) is 91.9 cm³/mol. The molecule has 1 heterocycles. The van der Waals surface area contributed by atoms with Gasteiger partial charge in [-0.05, 0) is 36.8 Å². The topological polar surface area (TPSA) is 107 Å². The molecule has 0 bridgehead atoms. The summed E-state index contributed by atoms with van der Waals surface area (Å²) in [7, 11) is -0.957. The Bertz CT molecular complexity index is 880. The van der Waals surface area contributed by atoms with Crippen LogP contribution in [0.1, 0.15) is 40.0 Å². The van der Waals surface area contributed by atoms with Crippen LogP contribution in [0.4, 0.5) is 10.1 Å². The molecule has 1 saturated carbocycles. The van der Waals surface area contributed by atoms with Gasteiger partial charge in [-0.15, -0.1) is 0 Å². The summed E-state index contributed by atoms with van der Waals surface area (Å²) >= 11 is 0. The SMILES string of the molecule is CN(C)c1cc(C(=O)O)c(F)cc1C(=O)NS(=O)(=O)N1CCC2(CC2)C1. The quantitative estimate of drug-likeness (QED) is 0.785. The molecule has 0 unspecified atom stereocenters. The van der Waals surface area contributed by atoms with Crippen LogP contribution in [0, 0.1) is 11.2 Å². The Hall–Kier alpha value is -2.20. The van der Waals surface area contributed by atoms with E-state index in [1.54, 1.807) is 14.1 Å². The van der Waals surface area contributed by atoms with Gasteiger partial charge in [-0.3, -0.25) is 4.79 Å². The molecule has 1 aromatic carbocycles. The molecular formula is C16H20FN3O5S. The van der Waals surface area contributed by atoms with Crippen molar-refractivity contribution < 1.29 is 27.5 Å². The highest BCUT2D eigenvalue weighted by molar-refractivity contribution is 7.87. The second kappa shape index (κ2) is 6.20. The van der Waals surface area contributed by atoms with E-state index in [9.17, 15) is 22.4 Å². The van der Waals surface area contributed by atoms with Crippen molar-refractivity contribution in [3.63, 3.8) is 0 Å². The van der Waals surface area contributed by atoms with Crippen LogP contribution >= 0.6 is 0 Å². The van der Waals surface area contributed by atoms with E-state index in [2.05, 4.69) is 0 Å². The average molecular weight is 385 g/mol. The van der Waals surface area contributed by atoms with Gasteiger partial charge in [-0.2, -0.15) is 12.7 Å². The van der Waals surface area contributed by atoms with E-state index in [1.165, 1.54) is 9.21 Å². The molecule has 10 heteroatoms. The highest BCUT2D eigenvalue weighted by Crippen LogP contribution is 2.53. The van der Waals surface area contributed by atoms with Gasteiger partial charge in [0.05, 0.1) is 16.8 Å². The summed E-state index contributed by atoms with van der Waals surface area (Å²) in [5.41, 5.74) is -0.678. The first-order chi connectivity index (χ1) is 12.0. The first-order valence-corrected chi connectivity index (χ1v) is 9.55. The van der Waals surface area contributed by atoms with E-state index in [4.69, 9.17) is 5.11 Å². The van der Waals surface area contributed by atoms with Crippen molar-refractivity contribution in [3.05, 3.63) is 29.1 Å². The molecule has 26 heavy (non-hydrogen) atoms. The largest absolute Gasteiger partial charge is 0.478 e. The summed E-state index contributed by atoms with van der Waals surface area (Å²) in [6.07, 6.45) is 2.74. The molecule has 2 aliphatic rings. The Morgan fingerprint density at radius 1 is 1.23 bits per heavy atom. The van der Waals surface area contributed by atoms with Gasteiger partial charge in [0.2, 0.25) is 0 Å². The Balaban J connectivity index is 1.87.